The Hall–Kier alpha value is -3.32. The number of hydrogen-bond donors (Lipinski definition) is 2. The summed E-state index contributed by atoms with van der Waals surface area (Å²) < 4.78 is 16.6. The van der Waals surface area contributed by atoms with Crippen LogP contribution in [0.3, 0.4) is 0 Å². The maximum absolute atomic E-state index is 13.0. The van der Waals surface area contributed by atoms with Gasteiger partial charge in [0.25, 0.3) is 5.91 Å². The number of benzene rings is 2. The Bertz CT molecular complexity index is 942. The van der Waals surface area contributed by atoms with Crippen LogP contribution in [-0.4, -0.2) is 55.9 Å². The van der Waals surface area contributed by atoms with Gasteiger partial charge in [0.1, 0.15) is 18.1 Å². The molecule has 1 amide bonds. The smallest absolute Gasteiger partial charge is 0.251 e. The van der Waals surface area contributed by atoms with Crippen molar-refractivity contribution in [1.82, 2.24) is 5.32 Å². The summed E-state index contributed by atoms with van der Waals surface area (Å²) in [4.78, 5) is 17.7. The number of hydrogen-bond acceptors (Lipinski definition) is 6. The minimum Gasteiger partial charge on any atom is -0.497 e. The van der Waals surface area contributed by atoms with E-state index in [0.717, 1.165) is 16.9 Å². The van der Waals surface area contributed by atoms with Crippen LogP contribution in [0.2, 0.25) is 0 Å². The molecule has 0 bridgehead atoms. The highest BCUT2D eigenvalue weighted by Gasteiger charge is 2.43. The van der Waals surface area contributed by atoms with Gasteiger partial charge in [-0.25, -0.2) is 4.99 Å². The second-order valence-corrected chi connectivity index (χ2v) is 7.54. The van der Waals surface area contributed by atoms with Gasteiger partial charge in [0.15, 0.2) is 5.54 Å². The zero-order valence-electron chi connectivity index (χ0n) is 18.4. The summed E-state index contributed by atoms with van der Waals surface area (Å²) in [5.41, 5.74) is 0.826. The highest BCUT2D eigenvalue weighted by atomic mass is 16.5. The summed E-state index contributed by atoms with van der Waals surface area (Å²) in [6.07, 6.45) is 3.33. The van der Waals surface area contributed by atoms with Gasteiger partial charge in [-0.15, -0.1) is 6.58 Å². The largest absolute Gasteiger partial charge is 0.497 e. The number of aliphatic hydroxyl groups is 1. The minimum atomic E-state index is -1.03. The van der Waals surface area contributed by atoms with Crippen molar-refractivity contribution in [2.45, 2.75) is 24.8 Å². The summed E-state index contributed by atoms with van der Waals surface area (Å²) in [7, 11) is 1.63. The van der Waals surface area contributed by atoms with Crippen LogP contribution in [-0.2, 0) is 16.0 Å². The van der Waals surface area contributed by atoms with Crippen LogP contribution < -0.4 is 14.8 Å². The average Bonchev–Trinajstić information content (AvgIpc) is 3.25. The number of rotatable bonds is 12. The van der Waals surface area contributed by atoms with Crippen LogP contribution in [0.15, 0.2) is 66.2 Å². The van der Waals surface area contributed by atoms with Crippen molar-refractivity contribution < 1.29 is 24.1 Å². The van der Waals surface area contributed by atoms with Crippen LogP contribution in [0, 0.1) is 0 Å². The topological polar surface area (TPSA) is 89.4 Å². The Morgan fingerprint density at radius 1 is 1.28 bits per heavy atom. The molecule has 0 unspecified atom stereocenters. The number of ether oxygens (including phenoxy) is 3. The second kappa shape index (κ2) is 11.3. The van der Waals surface area contributed by atoms with Crippen molar-refractivity contribution in [3.63, 3.8) is 0 Å². The van der Waals surface area contributed by atoms with E-state index >= 15 is 0 Å². The number of carbonyl (C=O) groups is 1. The van der Waals surface area contributed by atoms with Gasteiger partial charge < -0.3 is 24.6 Å². The Kier molecular flexibility index (Phi) is 8.27. The quantitative estimate of drug-likeness (QED) is 0.393. The zero-order valence-corrected chi connectivity index (χ0v) is 18.4. The first-order valence-corrected chi connectivity index (χ1v) is 10.7. The van der Waals surface area contributed by atoms with Crippen LogP contribution >= 0.6 is 0 Å². The second-order valence-electron chi connectivity index (χ2n) is 7.54. The molecular weight excluding hydrogens is 408 g/mol. The highest BCUT2D eigenvalue weighted by Crippen LogP contribution is 2.27. The van der Waals surface area contributed by atoms with E-state index in [9.17, 15) is 4.79 Å². The fourth-order valence-corrected chi connectivity index (χ4v) is 3.41. The standard InChI is InChI=1S/C25H30N2O5/c1-3-13-25(24(29)26-14-12-19-6-4-7-22(17-19)30-2)18-32-23(27-25)20-8-10-21(11-9-20)31-16-5-15-28/h3-4,6-11,17,28H,1,5,12-16,18H2,2H3,(H,26,29)/t25-/m1/s1. The molecule has 2 N–H and O–H groups in total. The molecule has 0 fully saturated rings. The number of aliphatic hydroxyl groups excluding tert-OH is 1. The molecule has 32 heavy (non-hydrogen) atoms. The van der Waals surface area contributed by atoms with E-state index in [1.807, 2.05) is 48.5 Å². The number of carbonyl (C=O) groups excluding carboxylic acids is 1. The van der Waals surface area contributed by atoms with Gasteiger partial charge in [0.2, 0.25) is 5.90 Å². The van der Waals surface area contributed by atoms with Crippen LogP contribution in [0.5, 0.6) is 11.5 Å². The molecule has 1 aliphatic rings. The summed E-state index contributed by atoms with van der Waals surface area (Å²) in [5, 5.41) is 11.8. The zero-order chi connectivity index (χ0) is 22.8. The molecule has 0 saturated heterocycles. The van der Waals surface area contributed by atoms with Crippen molar-refractivity contribution in [1.29, 1.82) is 0 Å². The molecule has 1 heterocycles. The van der Waals surface area contributed by atoms with E-state index < -0.39 is 5.54 Å². The Labute approximate surface area is 188 Å². The van der Waals surface area contributed by atoms with Gasteiger partial charge in [-0.3, -0.25) is 4.79 Å². The molecule has 2 aromatic carbocycles. The van der Waals surface area contributed by atoms with E-state index in [0.29, 0.717) is 44.1 Å². The van der Waals surface area contributed by atoms with Crippen LogP contribution in [0.4, 0.5) is 0 Å². The molecule has 0 radical (unpaired) electrons. The molecular formula is C25H30N2O5. The predicted molar refractivity (Wildman–Crippen MR) is 123 cm³/mol. The van der Waals surface area contributed by atoms with Crippen molar-refractivity contribution in [2.24, 2.45) is 4.99 Å². The maximum Gasteiger partial charge on any atom is 0.251 e. The fraction of sp³-hybridized carbons (Fsp3) is 0.360. The first-order valence-electron chi connectivity index (χ1n) is 10.7. The first-order chi connectivity index (χ1) is 15.6. The third-order valence-electron chi connectivity index (χ3n) is 5.17. The minimum absolute atomic E-state index is 0.0930. The van der Waals surface area contributed by atoms with E-state index in [1.165, 1.54) is 0 Å². The van der Waals surface area contributed by atoms with Crippen LogP contribution in [0.25, 0.3) is 0 Å². The summed E-state index contributed by atoms with van der Waals surface area (Å²) in [6, 6.07) is 15.1. The van der Waals surface area contributed by atoms with Gasteiger partial charge in [0.05, 0.1) is 13.7 Å². The molecule has 0 aromatic heterocycles. The Morgan fingerprint density at radius 2 is 2.09 bits per heavy atom. The van der Waals surface area contributed by atoms with E-state index in [1.54, 1.807) is 13.2 Å². The van der Waals surface area contributed by atoms with Crippen molar-refractivity contribution in [3.05, 3.63) is 72.3 Å². The summed E-state index contributed by atoms with van der Waals surface area (Å²) >= 11 is 0. The van der Waals surface area contributed by atoms with E-state index in [4.69, 9.17) is 19.3 Å². The van der Waals surface area contributed by atoms with E-state index in [2.05, 4.69) is 16.9 Å². The van der Waals surface area contributed by atoms with Crippen LogP contribution in [0.1, 0.15) is 24.0 Å². The average molecular weight is 439 g/mol. The predicted octanol–water partition coefficient (Wildman–Crippen LogP) is 2.91. The Balaban J connectivity index is 1.63. The van der Waals surface area contributed by atoms with Gasteiger partial charge in [-0.2, -0.15) is 0 Å². The lowest BCUT2D eigenvalue weighted by Gasteiger charge is -2.21. The maximum atomic E-state index is 13.0. The summed E-state index contributed by atoms with van der Waals surface area (Å²) in [5.74, 6) is 1.74. The van der Waals surface area contributed by atoms with Gasteiger partial charge >= 0.3 is 0 Å². The molecule has 7 heteroatoms. The molecule has 2 aromatic rings. The number of aliphatic imine (C=N–C) groups is 1. The molecule has 0 spiro atoms. The molecule has 0 saturated carbocycles. The van der Waals surface area contributed by atoms with E-state index in [-0.39, 0.29) is 19.1 Å². The van der Waals surface area contributed by atoms with Gasteiger partial charge in [-0.1, -0.05) is 18.2 Å². The van der Waals surface area contributed by atoms with Gasteiger partial charge in [-0.05, 0) is 48.4 Å². The SMILES string of the molecule is C=CC[C@]1(C(=O)NCCc2cccc(OC)c2)COC(c2ccc(OCCCO)cc2)=N1. The highest BCUT2D eigenvalue weighted by molar-refractivity contribution is 6.00. The monoisotopic (exact) mass is 438 g/mol. The summed E-state index contributed by atoms with van der Waals surface area (Å²) in [6.45, 7) is 4.98. The lowest BCUT2D eigenvalue weighted by molar-refractivity contribution is -0.126. The molecule has 3 rings (SSSR count). The normalized spacial score (nSPS) is 17.2. The molecule has 170 valence electrons. The molecule has 0 aliphatic carbocycles. The van der Waals surface area contributed by atoms with Crippen molar-refractivity contribution in [2.75, 3.05) is 33.5 Å². The number of methoxy groups -OCH3 is 1. The molecule has 1 aliphatic heterocycles. The van der Waals surface area contributed by atoms with Crippen molar-refractivity contribution >= 4 is 11.8 Å². The number of nitrogens with zero attached hydrogens (tertiary/aromatic N) is 1. The number of amides is 1. The third kappa shape index (κ3) is 5.88. The lowest BCUT2D eigenvalue weighted by Crippen LogP contribution is -2.47. The molecule has 7 nitrogen and oxygen atoms in total. The first kappa shape index (κ1) is 23.3. The third-order valence-corrected chi connectivity index (χ3v) is 5.17. The Morgan fingerprint density at radius 3 is 2.81 bits per heavy atom. The fourth-order valence-electron chi connectivity index (χ4n) is 3.41. The van der Waals surface area contributed by atoms with Crippen molar-refractivity contribution in [3.8, 4) is 11.5 Å². The molecule has 1 atom stereocenters. The lowest BCUT2D eigenvalue weighted by atomic mass is 9.96. The number of nitrogens with one attached hydrogen (secondary N) is 1. The van der Waals surface area contributed by atoms with Gasteiger partial charge in [0, 0.05) is 31.6 Å².